The second-order valence-electron chi connectivity index (χ2n) is 5.05. The second-order valence-corrected chi connectivity index (χ2v) is 5.05. The number of halogens is 2. The van der Waals surface area contributed by atoms with Gasteiger partial charge in [0.15, 0.2) is 0 Å². The molecule has 0 atom stereocenters. The molecule has 3 rings (SSSR count). The van der Waals surface area contributed by atoms with Gasteiger partial charge in [-0.3, -0.25) is 9.78 Å². The standard InChI is InChI=1S/C16H17N3O2.2ClH/c1-11-6-13(10-18-8-11)16(20)19-14-2-3-15-12(7-14)9-17-4-5-21-15;;/h2-3,6-8,10,17H,4-5,9H2,1H3,(H,19,20);2*1H. The van der Waals surface area contributed by atoms with E-state index in [4.69, 9.17) is 4.74 Å². The van der Waals surface area contributed by atoms with E-state index in [0.29, 0.717) is 12.2 Å². The Hall–Kier alpha value is -1.82. The zero-order valence-corrected chi connectivity index (χ0v) is 14.3. The lowest BCUT2D eigenvalue weighted by Crippen LogP contribution is -2.16. The molecule has 1 aromatic carbocycles. The van der Waals surface area contributed by atoms with E-state index in [9.17, 15) is 4.79 Å². The first-order valence-electron chi connectivity index (χ1n) is 6.92. The minimum atomic E-state index is -0.159. The molecule has 7 heteroatoms. The fourth-order valence-corrected chi connectivity index (χ4v) is 2.27. The maximum Gasteiger partial charge on any atom is 0.257 e. The lowest BCUT2D eigenvalue weighted by atomic mass is 10.1. The number of nitrogens with one attached hydrogen (secondary N) is 2. The van der Waals surface area contributed by atoms with Crippen LogP contribution < -0.4 is 15.4 Å². The van der Waals surface area contributed by atoms with Crippen LogP contribution in [0.25, 0.3) is 0 Å². The molecular weight excluding hydrogens is 337 g/mol. The monoisotopic (exact) mass is 355 g/mol. The number of ether oxygens (including phenoxy) is 1. The van der Waals surface area contributed by atoms with Crippen molar-refractivity contribution < 1.29 is 9.53 Å². The zero-order chi connectivity index (χ0) is 14.7. The number of fused-ring (bicyclic) bond motifs is 1. The Bertz CT molecular complexity index is 680. The lowest BCUT2D eigenvalue weighted by molar-refractivity contribution is 0.102. The van der Waals surface area contributed by atoms with Crippen LogP contribution in [0.5, 0.6) is 5.75 Å². The van der Waals surface area contributed by atoms with Crippen LogP contribution in [0.1, 0.15) is 21.5 Å². The van der Waals surface area contributed by atoms with E-state index < -0.39 is 0 Å². The van der Waals surface area contributed by atoms with Gasteiger partial charge < -0.3 is 15.4 Å². The van der Waals surface area contributed by atoms with Crippen molar-refractivity contribution in [3.8, 4) is 5.75 Å². The fraction of sp³-hybridized carbons (Fsp3) is 0.250. The van der Waals surface area contributed by atoms with E-state index in [1.165, 1.54) is 0 Å². The van der Waals surface area contributed by atoms with Gasteiger partial charge >= 0.3 is 0 Å². The van der Waals surface area contributed by atoms with Gasteiger partial charge in [0.1, 0.15) is 12.4 Å². The summed E-state index contributed by atoms with van der Waals surface area (Å²) in [6.45, 7) is 4.14. The summed E-state index contributed by atoms with van der Waals surface area (Å²) in [4.78, 5) is 16.2. The van der Waals surface area contributed by atoms with Crippen LogP contribution in [0, 0.1) is 6.92 Å². The van der Waals surface area contributed by atoms with Crippen LogP contribution in [0.15, 0.2) is 36.7 Å². The molecule has 124 valence electrons. The van der Waals surface area contributed by atoms with Crippen molar-refractivity contribution in [1.82, 2.24) is 10.3 Å². The van der Waals surface area contributed by atoms with Crippen molar-refractivity contribution in [1.29, 1.82) is 0 Å². The molecule has 0 radical (unpaired) electrons. The Morgan fingerprint density at radius 3 is 2.87 bits per heavy atom. The molecule has 0 fully saturated rings. The maximum atomic E-state index is 12.2. The van der Waals surface area contributed by atoms with Gasteiger partial charge in [-0.05, 0) is 36.8 Å². The molecule has 23 heavy (non-hydrogen) atoms. The average Bonchev–Trinajstić information content (AvgIpc) is 2.72. The number of carbonyl (C=O) groups excluding carboxylic acids is 1. The molecule has 5 nitrogen and oxygen atoms in total. The first-order valence-corrected chi connectivity index (χ1v) is 6.92. The van der Waals surface area contributed by atoms with Crippen molar-refractivity contribution in [2.24, 2.45) is 0 Å². The molecular formula is C16H19Cl2N3O2. The number of aromatic nitrogens is 1. The Kier molecular flexibility index (Phi) is 7.29. The SMILES string of the molecule is Cc1cncc(C(=O)Nc2ccc3c(c2)CNCCO3)c1.Cl.Cl. The predicted octanol–water partition coefficient (Wildman–Crippen LogP) is 2.97. The highest BCUT2D eigenvalue weighted by atomic mass is 35.5. The number of aryl methyl sites for hydroxylation is 1. The largest absolute Gasteiger partial charge is 0.492 e. The van der Waals surface area contributed by atoms with E-state index in [1.807, 2.05) is 31.2 Å². The molecule has 0 spiro atoms. The number of hydrogen-bond acceptors (Lipinski definition) is 4. The summed E-state index contributed by atoms with van der Waals surface area (Å²) in [6.07, 6.45) is 3.29. The molecule has 2 N–H and O–H groups in total. The van der Waals surface area contributed by atoms with Crippen LogP contribution in [-0.4, -0.2) is 24.0 Å². The molecule has 1 aliphatic rings. The van der Waals surface area contributed by atoms with E-state index in [-0.39, 0.29) is 30.7 Å². The van der Waals surface area contributed by atoms with Crippen LogP contribution in [-0.2, 0) is 6.54 Å². The smallest absolute Gasteiger partial charge is 0.257 e. The summed E-state index contributed by atoms with van der Waals surface area (Å²) in [5.41, 5.74) is 3.32. The predicted molar refractivity (Wildman–Crippen MR) is 95.1 cm³/mol. The molecule has 2 aromatic rings. The summed E-state index contributed by atoms with van der Waals surface area (Å²) in [5.74, 6) is 0.712. The van der Waals surface area contributed by atoms with Crippen molar-refractivity contribution in [3.05, 3.63) is 53.3 Å². The summed E-state index contributed by atoms with van der Waals surface area (Å²) in [6, 6.07) is 7.50. The summed E-state index contributed by atoms with van der Waals surface area (Å²) >= 11 is 0. The normalized spacial score (nSPS) is 12.6. The van der Waals surface area contributed by atoms with Gasteiger partial charge in [0.05, 0.1) is 5.56 Å². The third kappa shape index (κ3) is 4.82. The van der Waals surface area contributed by atoms with Crippen LogP contribution >= 0.6 is 24.8 Å². The fourth-order valence-electron chi connectivity index (χ4n) is 2.27. The van der Waals surface area contributed by atoms with Gasteiger partial charge in [0, 0.05) is 36.7 Å². The minimum absolute atomic E-state index is 0. The van der Waals surface area contributed by atoms with Gasteiger partial charge in [-0.15, -0.1) is 24.8 Å². The Balaban J connectivity index is 0.00000132. The van der Waals surface area contributed by atoms with E-state index >= 15 is 0 Å². The van der Waals surface area contributed by atoms with E-state index in [2.05, 4.69) is 15.6 Å². The molecule has 0 unspecified atom stereocenters. The third-order valence-electron chi connectivity index (χ3n) is 3.31. The van der Waals surface area contributed by atoms with Gasteiger partial charge in [0.25, 0.3) is 5.91 Å². The lowest BCUT2D eigenvalue weighted by Gasteiger charge is -2.10. The summed E-state index contributed by atoms with van der Waals surface area (Å²) < 4.78 is 5.62. The Morgan fingerprint density at radius 2 is 2.09 bits per heavy atom. The average molecular weight is 356 g/mol. The highest BCUT2D eigenvalue weighted by molar-refractivity contribution is 6.04. The highest BCUT2D eigenvalue weighted by Gasteiger charge is 2.11. The van der Waals surface area contributed by atoms with Gasteiger partial charge in [-0.2, -0.15) is 0 Å². The van der Waals surface area contributed by atoms with E-state index in [1.54, 1.807) is 12.4 Å². The van der Waals surface area contributed by atoms with Gasteiger partial charge in [-0.25, -0.2) is 0 Å². The number of pyridine rings is 1. The number of benzene rings is 1. The molecule has 0 saturated heterocycles. The topological polar surface area (TPSA) is 63.2 Å². The molecule has 0 saturated carbocycles. The number of carbonyl (C=O) groups is 1. The van der Waals surface area contributed by atoms with Crippen LogP contribution in [0.4, 0.5) is 5.69 Å². The van der Waals surface area contributed by atoms with Crippen molar-refractivity contribution in [2.45, 2.75) is 13.5 Å². The zero-order valence-electron chi connectivity index (χ0n) is 12.7. The van der Waals surface area contributed by atoms with Crippen molar-refractivity contribution in [3.63, 3.8) is 0 Å². The molecule has 1 amide bonds. The first-order chi connectivity index (χ1) is 10.2. The molecule has 0 bridgehead atoms. The first kappa shape index (κ1) is 19.2. The van der Waals surface area contributed by atoms with E-state index in [0.717, 1.165) is 35.7 Å². The minimum Gasteiger partial charge on any atom is -0.492 e. The number of anilines is 1. The van der Waals surface area contributed by atoms with Crippen molar-refractivity contribution in [2.75, 3.05) is 18.5 Å². The van der Waals surface area contributed by atoms with Crippen molar-refractivity contribution >= 4 is 36.4 Å². The number of nitrogens with zero attached hydrogens (tertiary/aromatic N) is 1. The third-order valence-corrected chi connectivity index (χ3v) is 3.31. The number of amides is 1. The number of hydrogen-bond donors (Lipinski definition) is 2. The molecule has 1 aliphatic heterocycles. The van der Waals surface area contributed by atoms with Gasteiger partial charge in [-0.1, -0.05) is 0 Å². The summed E-state index contributed by atoms with van der Waals surface area (Å²) in [7, 11) is 0. The van der Waals surface area contributed by atoms with Crippen LogP contribution in [0.3, 0.4) is 0 Å². The second kappa shape index (κ2) is 8.72. The molecule has 0 aliphatic carbocycles. The van der Waals surface area contributed by atoms with Gasteiger partial charge in [0.2, 0.25) is 0 Å². The molecule has 1 aromatic heterocycles. The van der Waals surface area contributed by atoms with Crippen LogP contribution in [0.2, 0.25) is 0 Å². The Labute approximate surface area is 147 Å². The Morgan fingerprint density at radius 1 is 1.26 bits per heavy atom. The number of rotatable bonds is 2. The quantitative estimate of drug-likeness (QED) is 0.869. The maximum absolute atomic E-state index is 12.2. The highest BCUT2D eigenvalue weighted by Crippen LogP contribution is 2.24. The summed E-state index contributed by atoms with van der Waals surface area (Å²) in [5, 5.41) is 6.17. The molecule has 2 heterocycles.